The van der Waals surface area contributed by atoms with Crippen LogP contribution in [0.25, 0.3) is 0 Å². The number of esters is 1. The standard InChI is InChI=1S/C23H36N2O5S/c1-8-30-22(29)15(2)24-19(13-14-31-7)20(26)25(16(3)21(27)28)18-11-9-17(10-12-18)23(4,5)6/h9-12,15-16,19,24H,8,13-14H2,1-7H3,(H,27,28)/t15?,16-,19-/m0/s1. The van der Waals surface area contributed by atoms with E-state index in [4.69, 9.17) is 4.74 Å². The maximum absolute atomic E-state index is 13.5. The van der Waals surface area contributed by atoms with Crippen LogP contribution < -0.4 is 10.2 Å². The zero-order valence-electron chi connectivity index (χ0n) is 19.6. The lowest BCUT2D eigenvalue weighted by atomic mass is 9.87. The third-order valence-corrected chi connectivity index (χ3v) is 5.64. The Kier molecular flexibility index (Phi) is 10.5. The van der Waals surface area contributed by atoms with Gasteiger partial charge in [0.2, 0.25) is 5.91 Å². The summed E-state index contributed by atoms with van der Waals surface area (Å²) in [5.74, 6) is -1.26. The third-order valence-electron chi connectivity index (χ3n) is 4.99. The number of rotatable bonds is 11. The van der Waals surface area contributed by atoms with Gasteiger partial charge < -0.3 is 9.84 Å². The van der Waals surface area contributed by atoms with Crippen molar-refractivity contribution in [3.63, 3.8) is 0 Å². The molecule has 1 aromatic rings. The smallest absolute Gasteiger partial charge is 0.326 e. The first-order valence-corrected chi connectivity index (χ1v) is 11.9. The number of carboxylic acids is 1. The van der Waals surface area contributed by atoms with Crippen LogP contribution in [0.3, 0.4) is 0 Å². The zero-order valence-corrected chi connectivity index (χ0v) is 20.4. The number of carbonyl (C=O) groups is 3. The summed E-state index contributed by atoms with van der Waals surface area (Å²) in [5, 5.41) is 12.7. The lowest BCUT2D eigenvalue weighted by Crippen LogP contribution is -2.55. The lowest BCUT2D eigenvalue weighted by Gasteiger charge is -2.32. The Balaban J connectivity index is 3.28. The van der Waals surface area contributed by atoms with E-state index in [1.165, 1.54) is 11.8 Å². The van der Waals surface area contributed by atoms with Gasteiger partial charge in [0.05, 0.1) is 12.6 Å². The lowest BCUT2D eigenvalue weighted by molar-refractivity contribution is -0.146. The highest BCUT2D eigenvalue weighted by atomic mass is 32.2. The van der Waals surface area contributed by atoms with E-state index < -0.39 is 30.1 Å². The van der Waals surface area contributed by atoms with E-state index >= 15 is 0 Å². The number of hydrogen-bond donors (Lipinski definition) is 2. The van der Waals surface area contributed by atoms with Crippen molar-refractivity contribution in [2.45, 2.75) is 71.5 Å². The number of carbonyl (C=O) groups excluding carboxylic acids is 2. The maximum atomic E-state index is 13.5. The number of amides is 1. The Morgan fingerprint density at radius 3 is 2.19 bits per heavy atom. The zero-order chi connectivity index (χ0) is 23.8. The van der Waals surface area contributed by atoms with Crippen LogP contribution in [0.4, 0.5) is 5.69 Å². The molecule has 0 spiro atoms. The molecule has 0 aliphatic heterocycles. The number of hydrogen-bond acceptors (Lipinski definition) is 6. The van der Waals surface area contributed by atoms with Crippen molar-refractivity contribution >= 4 is 35.3 Å². The molecule has 0 aliphatic rings. The van der Waals surface area contributed by atoms with Crippen molar-refractivity contribution in [2.75, 3.05) is 23.5 Å². The predicted octanol–water partition coefficient (Wildman–Crippen LogP) is 3.45. The summed E-state index contributed by atoms with van der Waals surface area (Å²) in [6, 6.07) is 4.89. The van der Waals surface area contributed by atoms with E-state index in [2.05, 4.69) is 26.1 Å². The number of anilines is 1. The minimum atomic E-state index is -1.10. The third kappa shape index (κ3) is 7.85. The van der Waals surface area contributed by atoms with Gasteiger partial charge in [-0.25, -0.2) is 4.79 Å². The minimum Gasteiger partial charge on any atom is -0.480 e. The molecule has 1 amide bonds. The molecule has 3 atom stereocenters. The normalized spacial score (nSPS) is 14.4. The molecule has 8 heteroatoms. The molecule has 1 rings (SSSR count). The molecule has 0 bridgehead atoms. The monoisotopic (exact) mass is 452 g/mol. The second kappa shape index (κ2) is 12.1. The summed E-state index contributed by atoms with van der Waals surface area (Å²) in [7, 11) is 0. The fourth-order valence-electron chi connectivity index (χ4n) is 3.09. The number of carboxylic acid groups (broad SMARTS) is 1. The summed E-state index contributed by atoms with van der Waals surface area (Å²) < 4.78 is 5.04. The Morgan fingerprint density at radius 2 is 1.74 bits per heavy atom. The van der Waals surface area contributed by atoms with E-state index in [1.807, 2.05) is 18.4 Å². The molecule has 1 unspecified atom stereocenters. The number of nitrogens with one attached hydrogen (secondary N) is 1. The summed E-state index contributed by atoms with van der Waals surface area (Å²) >= 11 is 1.58. The molecular formula is C23H36N2O5S. The topological polar surface area (TPSA) is 95.9 Å². The van der Waals surface area contributed by atoms with Crippen LogP contribution in [-0.2, 0) is 24.5 Å². The van der Waals surface area contributed by atoms with Gasteiger partial charge in [-0.05, 0) is 62.3 Å². The van der Waals surface area contributed by atoms with Crippen LogP contribution >= 0.6 is 11.8 Å². The van der Waals surface area contributed by atoms with Crippen LogP contribution in [-0.4, -0.2) is 59.7 Å². The van der Waals surface area contributed by atoms with Gasteiger partial charge in [-0.1, -0.05) is 32.9 Å². The molecule has 0 aromatic heterocycles. The van der Waals surface area contributed by atoms with Crippen LogP contribution in [0.1, 0.15) is 53.5 Å². The Morgan fingerprint density at radius 1 is 1.16 bits per heavy atom. The van der Waals surface area contributed by atoms with E-state index in [-0.39, 0.29) is 17.9 Å². The summed E-state index contributed by atoms with van der Waals surface area (Å²) in [5.41, 5.74) is 1.52. The average Bonchev–Trinajstić information content (AvgIpc) is 2.70. The molecule has 174 valence electrons. The molecule has 0 heterocycles. The molecule has 0 fully saturated rings. The summed E-state index contributed by atoms with van der Waals surface area (Å²) in [6.07, 6.45) is 2.38. The van der Waals surface area contributed by atoms with Gasteiger partial charge in [0.1, 0.15) is 12.1 Å². The SMILES string of the molecule is CCOC(=O)C(C)N[C@@H](CCSC)C(=O)N(c1ccc(C(C)(C)C)cc1)[C@@H](C)C(=O)O. The first kappa shape index (κ1) is 27.0. The summed E-state index contributed by atoms with van der Waals surface area (Å²) in [4.78, 5) is 38.7. The summed E-state index contributed by atoms with van der Waals surface area (Å²) in [6.45, 7) is 11.4. The quantitative estimate of drug-likeness (QED) is 0.497. The number of benzene rings is 1. The second-order valence-corrected chi connectivity index (χ2v) is 9.48. The molecule has 7 nitrogen and oxygen atoms in total. The number of thioether (sulfide) groups is 1. The van der Waals surface area contributed by atoms with Crippen molar-refractivity contribution in [1.29, 1.82) is 0 Å². The van der Waals surface area contributed by atoms with E-state index in [0.717, 1.165) is 5.56 Å². The maximum Gasteiger partial charge on any atom is 0.326 e. The largest absolute Gasteiger partial charge is 0.480 e. The molecule has 0 saturated heterocycles. The van der Waals surface area contributed by atoms with Gasteiger partial charge in [0.15, 0.2) is 0 Å². The molecular weight excluding hydrogens is 416 g/mol. The highest BCUT2D eigenvalue weighted by Gasteiger charge is 2.34. The van der Waals surface area contributed by atoms with Gasteiger partial charge in [0, 0.05) is 5.69 Å². The molecule has 2 N–H and O–H groups in total. The van der Waals surface area contributed by atoms with Crippen LogP contribution in [0.2, 0.25) is 0 Å². The van der Waals surface area contributed by atoms with Crippen LogP contribution in [0, 0.1) is 0 Å². The van der Waals surface area contributed by atoms with Crippen LogP contribution in [0.15, 0.2) is 24.3 Å². The highest BCUT2D eigenvalue weighted by Crippen LogP contribution is 2.26. The predicted molar refractivity (Wildman–Crippen MR) is 126 cm³/mol. The van der Waals surface area contributed by atoms with Crippen molar-refractivity contribution in [2.24, 2.45) is 0 Å². The first-order valence-electron chi connectivity index (χ1n) is 10.5. The Labute approximate surface area is 189 Å². The van der Waals surface area contributed by atoms with Crippen molar-refractivity contribution in [3.8, 4) is 0 Å². The molecule has 0 radical (unpaired) electrons. The number of aliphatic carboxylic acids is 1. The van der Waals surface area contributed by atoms with Crippen molar-refractivity contribution in [1.82, 2.24) is 5.32 Å². The molecule has 1 aromatic carbocycles. The molecule has 0 aliphatic carbocycles. The Bertz CT molecular complexity index is 745. The van der Waals surface area contributed by atoms with Crippen LogP contribution in [0.5, 0.6) is 0 Å². The molecule has 31 heavy (non-hydrogen) atoms. The van der Waals surface area contributed by atoms with E-state index in [9.17, 15) is 19.5 Å². The van der Waals surface area contributed by atoms with Gasteiger partial charge in [-0.15, -0.1) is 0 Å². The van der Waals surface area contributed by atoms with Gasteiger partial charge in [0.25, 0.3) is 0 Å². The highest BCUT2D eigenvalue weighted by molar-refractivity contribution is 7.98. The minimum absolute atomic E-state index is 0.0662. The fraction of sp³-hybridized carbons (Fsp3) is 0.609. The van der Waals surface area contributed by atoms with Gasteiger partial charge >= 0.3 is 11.9 Å². The van der Waals surface area contributed by atoms with Crippen molar-refractivity contribution < 1.29 is 24.2 Å². The first-order chi connectivity index (χ1) is 14.4. The molecule has 0 saturated carbocycles. The van der Waals surface area contributed by atoms with Crippen molar-refractivity contribution in [3.05, 3.63) is 29.8 Å². The van der Waals surface area contributed by atoms with Gasteiger partial charge in [-0.3, -0.25) is 19.8 Å². The van der Waals surface area contributed by atoms with E-state index in [1.54, 1.807) is 37.7 Å². The van der Waals surface area contributed by atoms with Gasteiger partial charge in [-0.2, -0.15) is 11.8 Å². The average molecular weight is 453 g/mol. The number of nitrogens with zero attached hydrogens (tertiary/aromatic N) is 1. The van der Waals surface area contributed by atoms with E-state index in [0.29, 0.717) is 17.9 Å². The number of ether oxygens (including phenoxy) is 1. The fourth-order valence-corrected chi connectivity index (χ4v) is 3.56. The second-order valence-electron chi connectivity index (χ2n) is 8.49. The Hall–Kier alpha value is -2.06.